The molecule has 3 aromatic rings. The molecule has 0 radical (unpaired) electrons. The summed E-state index contributed by atoms with van der Waals surface area (Å²) in [6.45, 7) is 11.0. The van der Waals surface area contributed by atoms with Crippen LogP contribution >= 0.6 is 0 Å². The van der Waals surface area contributed by atoms with Crippen molar-refractivity contribution >= 4 is 27.5 Å². The number of amides is 2. The molecule has 7 nitrogen and oxygen atoms in total. The van der Waals surface area contributed by atoms with Crippen LogP contribution < -0.4 is 9.62 Å². The lowest BCUT2D eigenvalue weighted by Crippen LogP contribution is -2.55. The lowest BCUT2D eigenvalue weighted by molar-refractivity contribution is -0.141. The van der Waals surface area contributed by atoms with E-state index in [9.17, 15) is 18.0 Å². The molecule has 3 rings (SSSR count). The summed E-state index contributed by atoms with van der Waals surface area (Å²) in [4.78, 5) is 29.0. The molecule has 0 saturated heterocycles. The van der Waals surface area contributed by atoms with Gasteiger partial charge in [0.05, 0.1) is 10.6 Å². The van der Waals surface area contributed by atoms with Crippen molar-refractivity contribution in [1.82, 2.24) is 10.2 Å². The van der Waals surface area contributed by atoms with Gasteiger partial charge in [-0.1, -0.05) is 61.5 Å². The number of rotatable bonds is 10. The third-order valence-electron chi connectivity index (χ3n) is 6.18. The summed E-state index contributed by atoms with van der Waals surface area (Å²) in [5, 5.41) is 2.98. The Morgan fingerprint density at radius 2 is 1.41 bits per heavy atom. The molecular formula is C31H39N3O4S. The van der Waals surface area contributed by atoms with Gasteiger partial charge >= 0.3 is 0 Å². The summed E-state index contributed by atoms with van der Waals surface area (Å²) in [5.74, 6) is -0.744. The standard InChI is InChI=1S/C31H39N3O4S/c1-7-28(30(36)32-31(4,5)6)33(21-25-14-10-8-11-15-25)29(35)22-34(26-19-23(2)18-24(3)20-26)39(37,38)27-16-12-9-13-17-27/h8-20,28H,7,21-22H2,1-6H3,(H,32,36)/t28-/m0/s1. The first-order valence-corrected chi connectivity index (χ1v) is 14.6. The Bertz CT molecular complexity index is 1360. The number of hydrogen-bond donors (Lipinski definition) is 1. The molecule has 0 fully saturated rings. The van der Waals surface area contributed by atoms with Crippen LogP contribution in [0, 0.1) is 13.8 Å². The molecule has 39 heavy (non-hydrogen) atoms. The molecule has 0 aliphatic carbocycles. The lowest BCUT2D eigenvalue weighted by atomic mass is 10.1. The van der Waals surface area contributed by atoms with Crippen LogP contribution in [0.2, 0.25) is 0 Å². The predicted molar refractivity (Wildman–Crippen MR) is 156 cm³/mol. The molecule has 0 bridgehead atoms. The van der Waals surface area contributed by atoms with E-state index in [2.05, 4.69) is 5.32 Å². The Labute approximate surface area is 232 Å². The largest absolute Gasteiger partial charge is 0.350 e. The highest BCUT2D eigenvalue weighted by Crippen LogP contribution is 2.27. The third kappa shape index (κ3) is 7.93. The monoisotopic (exact) mass is 549 g/mol. The number of nitrogens with one attached hydrogen (secondary N) is 1. The second-order valence-corrected chi connectivity index (χ2v) is 12.7. The summed E-state index contributed by atoms with van der Waals surface area (Å²) in [5.41, 5.74) is 2.51. The molecule has 0 spiro atoms. The average Bonchev–Trinajstić information content (AvgIpc) is 2.86. The Morgan fingerprint density at radius 3 is 1.92 bits per heavy atom. The minimum absolute atomic E-state index is 0.0871. The maximum Gasteiger partial charge on any atom is 0.264 e. The number of aryl methyl sites for hydroxylation is 2. The molecule has 0 aliphatic rings. The topological polar surface area (TPSA) is 86.8 Å². The van der Waals surface area contributed by atoms with Crippen molar-refractivity contribution in [1.29, 1.82) is 0 Å². The van der Waals surface area contributed by atoms with Crippen LogP contribution in [-0.2, 0) is 26.2 Å². The Kier molecular flexibility index (Phi) is 9.56. The van der Waals surface area contributed by atoms with Gasteiger partial charge in [-0.05, 0) is 82.0 Å². The number of sulfonamides is 1. The molecule has 0 aromatic heterocycles. The van der Waals surface area contributed by atoms with E-state index in [4.69, 9.17) is 0 Å². The zero-order valence-electron chi connectivity index (χ0n) is 23.6. The fraction of sp³-hybridized carbons (Fsp3) is 0.355. The van der Waals surface area contributed by atoms with Crippen LogP contribution in [0.5, 0.6) is 0 Å². The summed E-state index contributed by atoms with van der Waals surface area (Å²) in [7, 11) is -4.09. The summed E-state index contributed by atoms with van der Waals surface area (Å²) in [6, 6.07) is 22.2. The molecule has 1 atom stereocenters. The van der Waals surface area contributed by atoms with Gasteiger partial charge in [-0.25, -0.2) is 8.42 Å². The van der Waals surface area contributed by atoms with E-state index in [1.54, 1.807) is 30.3 Å². The van der Waals surface area contributed by atoms with E-state index in [0.29, 0.717) is 12.1 Å². The number of hydrogen-bond acceptors (Lipinski definition) is 4. The van der Waals surface area contributed by atoms with E-state index in [0.717, 1.165) is 21.0 Å². The Morgan fingerprint density at radius 1 is 0.872 bits per heavy atom. The Hall–Kier alpha value is -3.65. The van der Waals surface area contributed by atoms with Crippen molar-refractivity contribution in [2.24, 2.45) is 0 Å². The van der Waals surface area contributed by atoms with Crippen molar-refractivity contribution in [3.8, 4) is 0 Å². The molecule has 0 heterocycles. The Balaban J connectivity index is 2.08. The van der Waals surface area contributed by atoms with Crippen LogP contribution in [-0.4, -0.2) is 43.3 Å². The zero-order chi connectivity index (χ0) is 28.8. The van der Waals surface area contributed by atoms with Gasteiger partial charge in [0, 0.05) is 12.1 Å². The lowest BCUT2D eigenvalue weighted by Gasteiger charge is -2.35. The number of carbonyl (C=O) groups is 2. The van der Waals surface area contributed by atoms with E-state index in [-0.39, 0.29) is 17.3 Å². The van der Waals surface area contributed by atoms with Crippen LogP contribution in [0.4, 0.5) is 5.69 Å². The summed E-state index contributed by atoms with van der Waals surface area (Å²) in [6.07, 6.45) is 0.371. The maximum absolute atomic E-state index is 14.1. The van der Waals surface area contributed by atoms with E-state index >= 15 is 0 Å². The fourth-order valence-corrected chi connectivity index (χ4v) is 5.91. The fourth-order valence-electron chi connectivity index (χ4n) is 4.50. The number of benzene rings is 3. The van der Waals surface area contributed by atoms with Gasteiger partial charge in [-0.2, -0.15) is 0 Å². The second-order valence-electron chi connectivity index (χ2n) is 10.8. The highest BCUT2D eigenvalue weighted by Gasteiger charge is 2.34. The average molecular weight is 550 g/mol. The van der Waals surface area contributed by atoms with Crippen molar-refractivity contribution in [2.75, 3.05) is 10.8 Å². The van der Waals surface area contributed by atoms with E-state index < -0.39 is 34.1 Å². The van der Waals surface area contributed by atoms with Crippen molar-refractivity contribution in [3.63, 3.8) is 0 Å². The predicted octanol–water partition coefficient (Wildman–Crippen LogP) is 5.22. The van der Waals surface area contributed by atoms with Crippen LogP contribution in [0.3, 0.4) is 0 Å². The smallest absolute Gasteiger partial charge is 0.264 e. The van der Waals surface area contributed by atoms with Gasteiger partial charge in [0.2, 0.25) is 11.8 Å². The van der Waals surface area contributed by atoms with Crippen molar-refractivity contribution in [3.05, 3.63) is 95.6 Å². The zero-order valence-corrected chi connectivity index (χ0v) is 24.5. The molecule has 3 aromatic carbocycles. The molecule has 0 aliphatic heterocycles. The SMILES string of the molecule is CC[C@@H](C(=O)NC(C)(C)C)N(Cc1ccccc1)C(=O)CN(c1cc(C)cc(C)c1)S(=O)(=O)c1ccccc1. The highest BCUT2D eigenvalue weighted by molar-refractivity contribution is 7.92. The molecule has 0 saturated carbocycles. The van der Waals surface area contributed by atoms with Gasteiger partial charge in [-0.15, -0.1) is 0 Å². The first-order chi connectivity index (χ1) is 18.3. The van der Waals surface area contributed by atoms with Crippen LogP contribution in [0.1, 0.15) is 50.8 Å². The molecule has 208 valence electrons. The number of nitrogens with zero attached hydrogens (tertiary/aromatic N) is 2. The summed E-state index contributed by atoms with van der Waals surface area (Å²) >= 11 is 0. The molecule has 8 heteroatoms. The third-order valence-corrected chi connectivity index (χ3v) is 7.97. The van der Waals surface area contributed by atoms with Crippen LogP contribution in [0.15, 0.2) is 83.8 Å². The number of anilines is 1. The van der Waals surface area contributed by atoms with Gasteiger partial charge in [0.15, 0.2) is 0 Å². The van der Waals surface area contributed by atoms with Gasteiger partial charge in [0.25, 0.3) is 10.0 Å². The van der Waals surface area contributed by atoms with Crippen molar-refractivity contribution in [2.45, 2.75) is 71.0 Å². The number of carbonyl (C=O) groups excluding carboxylic acids is 2. The van der Waals surface area contributed by atoms with E-state index in [1.807, 2.05) is 77.9 Å². The first-order valence-electron chi connectivity index (χ1n) is 13.1. The van der Waals surface area contributed by atoms with Gasteiger partial charge < -0.3 is 10.2 Å². The van der Waals surface area contributed by atoms with Gasteiger partial charge in [0.1, 0.15) is 12.6 Å². The quantitative estimate of drug-likeness (QED) is 0.376. The normalized spacial score (nSPS) is 12.5. The first kappa shape index (κ1) is 29.9. The van der Waals surface area contributed by atoms with Crippen molar-refractivity contribution < 1.29 is 18.0 Å². The molecule has 1 N–H and O–H groups in total. The second kappa shape index (κ2) is 12.5. The highest BCUT2D eigenvalue weighted by atomic mass is 32.2. The summed E-state index contributed by atoms with van der Waals surface area (Å²) < 4.78 is 29.0. The minimum Gasteiger partial charge on any atom is -0.350 e. The maximum atomic E-state index is 14.1. The molecular weight excluding hydrogens is 510 g/mol. The minimum atomic E-state index is -4.09. The van der Waals surface area contributed by atoms with E-state index in [1.165, 1.54) is 17.0 Å². The molecule has 2 amide bonds. The van der Waals surface area contributed by atoms with Crippen LogP contribution in [0.25, 0.3) is 0 Å². The van der Waals surface area contributed by atoms with Gasteiger partial charge in [-0.3, -0.25) is 13.9 Å². The molecule has 0 unspecified atom stereocenters.